The Morgan fingerprint density at radius 3 is 2.65 bits per heavy atom. The highest BCUT2D eigenvalue weighted by molar-refractivity contribution is 5.97. The zero-order chi connectivity index (χ0) is 26.3. The fourth-order valence-corrected chi connectivity index (χ4v) is 5.99. The van der Waals surface area contributed by atoms with Gasteiger partial charge in [0.1, 0.15) is 5.82 Å². The molecule has 198 valence electrons. The second kappa shape index (κ2) is 10.1. The Labute approximate surface area is 219 Å². The van der Waals surface area contributed by atoms with Gasteiger partial charge in [0.05, 0.1) is 12.2 Å². The molecule has 2 saturated heterocycles. The molecule has 0 spiro atoms. The number of amides is 2. The average Bonchev–Trinajstić information content (AvgIpc) is 3.30. The maximum absolute atomic E-state index is 13.8. The summed E-state index contributed by atoms with van der Waals surface area (Å²) in [5.74, 6) is 0.423. The van der Waals surface area contributed by atoms with Gasteiger partial charge in [0, 0.05) is 80.5 Å². The number of anilines is 1. The van der Waals surface area contributed by atoms with E-state index < -0.39 is 0 Å². The van der Waals surface area contributed by atoms with E-state index in [9.17, 15) is 14.0 Å². The van der Waals surface area contributed by atoms with Crippen molar-refractivity contribution in [1.82, 2.24) is 20.1 Å². The summed E-state index contributed by atoms with van der Waals surface area (Å²) < 4.78 is 13.3. The number of rotatable bonds is 6. The lowest BCUT2D eigenvalue weighted by atomic mass is 9.88. The molecule has 3 atom stereocenters. The van der Waals surface area contributed by atoms with Gasteiger partial charge < -0.3 is 15.1 Å². The minimum Gasteiger partial charge on any atom is -0.341 e. The molecular formula is C29H38FN5O2. The van der Waals surface area contributed by atoms with E-state index in [1.807, 2.05) is 22.1 Å². The van der Waals surface area contributed by atoms with Gasteiger partial charge in [0.2, 0.25) is 11.8 Å². The molecule has 7 nitrogen and oxygen atoms in total. The SMILES string of the molecule is C[C@@H]1CC(=O)N(C[C@H]2CN[C@H](C)CN2CC(=O)N2CC(C)(C)c3cnc(Cc4ccc(F)cc4)cc32)C1. The van der Waals surface area contributed by atoms with E-state index in [-0.39, 0.29) is 35.1 Å². The number of halogens is 1. The van der Waals surface area contributed by atoms with Gasteiger partial charge in [-0.1, -0.05) is 32.9 Å². The largest absolute Gasteiger partial charge is 0.341 e. The summed E-state index contributed by atoms with van der Waals surface area (Å²) in [4.78, 5) is 37.0. The lowest BCUT2D eigenvalue weighted by molar-refractivity contribution is -0.128. The molecule has 1 N–H and O–H groups in total. The molecule has 0 aliphatic carbocycles. The Morgan fingerprint density at radius 1 is 1.19 bits per heavy atom. The van der Waals surface area contributed by atoms with Gasteiger partial charge in [-0.2, -0.15) is 0 Å². The van der Waals surface area contributed by atoms with Crippen LogP contribution in [0.15, 0.2) is 36.5 Å². The minimum absolute atomic E-state index is 0.0750. The molecule has 37 heavy (non-hydrogen) atoms. The van der Waals surface area contributed by atoms with Crippen molar-refractivity contribution in [3.05, 3.63) is 59.2 Å². The number of fused-ring (bicyclic) bond motifs is 1. The molecule has 1 aromatic carbocycles. The summed E-state index contributed by atoms with van der Waals surface area (Å²) in [6, 6.07) is 8.88. The van der Waals surface area contributed by atoms with E-state index in [0.717, 1.165) is 42.1 Å². The second-order valence-corrected chi connectivity index (χ2v) is 11.9. The summed E-state index contributed by atoms with van der Waals surface area (Å²) in [5, 5.41) is 3.53. The van der Waals surface area contributed by atoms with Crippen LogP contribution in [0.1, 0.15) is 50.9 Å². The van der Waals surface area contributed by atoms with Crippen LogP contribution in [-0.2, 0) is 21.4 Å². The first-order chi connectivity index (χ1) is 17.6. The third kappa shape index (κ3) is 5.55. The van der Waals surface area contributed by atoms with Crippen molar-refractivity contribution in [3.63, 3.8) is 0 Å². The lowest BCUT2D eigenvalue weighted by Gasteiger charge is -2.41. The van der Waals surface area contributed by atoms with Crippen LogP contribution in [0.4, 0.5) is 10.1 Å². The Balaban J connectivity index is 1.33. The summed E-state index contributed by atoms with van der Waals surface area (Å²) in [5.41, 5.74) is 3.64. The first kappa shape index (κ1) is 25.8. The number of hydrogen-bond acceptors (Lipinski definition) is 5. The van der Waals surface area contributed by atoms with Crippen molar-refractivity contribution in [1.29, 1.82) is 0 Å². The fourth-order valence-electron chi connectivity index (χ4n) is 5.99. The van der Waals surface area contributed by atoms with E-state index in [1.54, 1.807) is 12.1 Å². The van der Waals surface area contributed by atoms with E-state index in [2.05, 4.69) is 42.9 Å². The lowest BCUT2D eigenvalue weighted by Crippen LogP contribution is -2.61. The van der Waals surface area contributed by atoms with Crippen molar-refractivity contribution < 1.29 is 14.0 Å². The van der Waals surface area contributed by atoms with Crippen LogP contribution in [0, 0.1) is 11.7 Å². The van der Waals surface area contributed by atoms with Crippen molar-refractivity contribution in [2.75, 3.05) is 44.2 Å². The molecule has 2 fully saturated rings. The van der Waals surface area contributed by atoms with Crippen LogP contribution < -0.4 is 10.2 Å². The minimum atomic E-state index is -0.256. The van der Waals surface area contributed by atoms with Gasteiger partial charge in [-0.3, -0.25) is 19.5 Å². The number of carbonyl (C=O) groups excluding carboxylic acids is 2. The first-order valence-electron chi connectivity index (χ1n) is 13.4. The second-order valence-electron chi connectivity index (χ2n) is 11.9. The van der Waals surface area contributed by atoms with Gasteiger partial charge in [-0.25, -0.2) is 4.39 Å². The quantitative estimate of drug-likeness (QED) is 0.651. The number of likely N-dealkylation sites (tertiary alicyclic amines) is 1. The molecule has 3 aliphatic heterocycles. The Hall–Kier alpha value is -2.84. The van der Waals surface area contributed by atoms with E-state index in [1.165, 1.54) is 12.1 Å². The van der Waals surface area contributed by atoms with E-state index in [0.29, 0.717) is 38.4 Å². The number of aromatic nitrogens is 1. The topological polar surface area (TPSA) is 68.8 Å². The van der Waals surface area contributed by atoms with Crippen molar-refractivity contribution in [3.8, 4) is 0 Å². The summed E-state index contributed by atoms with van der Waals surface area (Å²) in [6.45, 7) is 12.5. The van der Waals surface area contributed by atoms with Crippen LogP contribution in [0.2, 0.25) is 0 Å². The molecule has 8 heteroatoms. The van der Waals surface area contributed by atoms with Gasteiger partial charge in [-0.05, 0) is 36.6 Å². The third-order valence-corrected chi connectivity index (χ3v) is 8.02. The number of hydrogen-bond donors (Lipinski definition) is 1. The predicted octanol–water partition coefficient (Wildman–Crippen LogP) is 2.97. The Morgan fingerprint density at radius 2 is 1.95 bits per heavy atom. The maximum atomic E-state index is 13.8. The molecule has 0 bridgehead atoms. The number of piperazine rings is 1. The molecule has 1 aromatic heterocycles. The maximum Gasteiger partial charge on any atom is 0.241 e. The number of nitrogens with one attached hydrogen (secondary N) is 1. The zero-order valence-electron chi connectivity index (χ0n) is 22.3. The van der Waals surface area contributed by atoms with Crippen LogP contribution in [-0.4, -0.2) is 78.0 Å². The molecule has 2 amide bonds. The van der Waals surface area contributed by atoms with E-state index >= 15 is 0 Å². The third-order valence-electron chi connectivity index (χ3n) is 8.02. The van der Waals surface area contributed by atoms with Gasteiger partial charge >= 0.3 is 0 Å². The van der Waals surface area contributed by atoms with Crippen molar-refractivity contribution in [2.45, 2.75) is 58.0 Å². The number of pyridine rings is 1. The summed E-state index contributed by atoms with van der Waals surface area (Å²) in [7, 11) is 0. The standard InChI is InChI=1S/C29H38FN5O2/c1-19-9-27(36)34(14-19)16-24-12-31-20(2)15-33(24)17-28(37)35-18-29(3,4)25-13-32-23(11-26(25)35)10-21-5-7-22(30)8-6-21/h5-8,11,13,19-20,24,31H,9-10,12,14-18H2,1-4H3/t19-,20-,24-/m1/s1. The van der Waals surface area contributed by atoms with Crippen LogP contribution in [0.3, 0.4) is 0 Å². The zero-order valence-corrected chi connectivity index (χ0v) is 22.3. The molecule has 0 radical (unpaired) electrons. The highest BCUT2D eigenvalue weighted by atomic mass is 19.1. The van der Waals surface area contributed by atoms with Gasteiger partial charge in [-0.15, -0.1) is 0 Å². The predicted molar refractivity (Wildman–Crippen MR) is 142 cm³/mol. The van der Waals surface area contributed by atoms with Crippen molar-refractivity contribution >= 4 is 17.5 Å². The number of carbonyl (C=O) groups is 2. The van der Waals surface area contributed by atoms with Gasteiger partial charge in [0.25, 0.3) is 0 Å². The van der Waals surface area contributed by atoms with E-state index in [4.69, 9.17) is 0 Å². The normalized spacial score (nSPS) is 25.5. The highest BCUT2D eigenvalue weighted by Crippen LogP contribution is 2.40. The smallest absolute Gasteiger partial charge is 0.241 e. The van der Waals surface area contributed by atoms with Crippen LogP contribution in [0.5, 0.6) is 0 Å². The molecule has 4 heterocycles. The van der Waals surface area contributed by atoms with Crippen molar-refractivity contribution in [2.24, 2.45) is 5.92 Å². The molecule has 0 saturated carbocycles. The molecular weight excluding hydrogens is 469 g/mol. The average molecular weight is 508 g/mol. The fraction of sp³-hybridized carbons (Fsp3) is 0.552. The number of benzene rings is 1. The number of nitrogens with zero attached hydrogens (tertiary/aromatic N) is 4. The molecule has 2 aromatic rings. The molecule has 3 aliphatic rings. The first-order valence-corrected chi connectivity index (χ1v) is 13.4. The van der Waals surface area contributed by atoms with Crippen LogP contribution in [0.25, 0.3) is 0 Å². The Bertz CT molecular complexity index is 1170. The Kier molecular flexibility index (Phi) is 7.07. The molecule has 5 rings (SSSR count). The molecule has 0 unspecified atom stereocenters. The highest BCUT2D eigenvalue weighted by Gasteiger charge is 2.40. The summed E-state index contributed by atoms with van der Waals surface area (Å²) in [6.07, 6.45) is 3.09. The van der Waals surface area contributed by atoms with Crippen LogP contribution >= 0.6 is 0 Å². The monoisotopic (exact) mass is 507 g/mol. The summed E-state index contributed by atoms with van der Waals surface area (Å²) >= 11 is 0. The van der Waals surface area contributed by atoms with Gasteiger partial charge in [0.15, 0.2) is 0 Å².